The molecule has 4 aromatic heterocycles. The number of nitrogen functional groups attached to an aromatic ring is 2. The fourth-order valence-corrected chi connectivity index (χ4v) is 7.83. The molecule has 0 unspecified atom stereocenters. The maximum atomic E-state index is 12.5. The van der Waals surface area contributed by atoms with Gasteiger partial charge in [-0.25, -0.2) is 0 Å². The molecule has 0 bridgehead atoms. The SMILES string of the molecule is CCc1cc(Nc2cc(NC(=O)C3CC3)nnc2C(=O)NC)c(OC)c(-c2nn(C)nc2CC)c1.COc1c(N)cc(Cl)cc1-c1cnn(C)n1.COc1c(N)cc(Cl)cc1Br.Cn1ncc(B(O)O)n1. The Balaban J connectivity index is 0.000000212. The Morgan fingerprint density at radius 2 is 1.41 bits per heavy atom. The van der Waals surface area contributed by atoms with Gasteiger partial charge in [0.1, 0.15) is 17.0 Å². The minimum absolute atomic E-state index is 0.00968. The number of aryl methyl sites for hydroxylation is 5. The number of nitrogens with zero attached hydrogens (tertiary/aromatic N) is 11. The molecule has 0 atom stereocenters. The van der Waals surface area contributed by atoms with Gasteiger partial charge in [0.2, 0.25) is 5.91 Å². The molecule has 2 amide bonds. The van der Waals surface area contributed by atoms with Crippen molar-refractivity contribution < 1.29 is 33.8 Å². The second kappa shape index (κ2) is 25.2. The van der Waals surface area contributed by atoms with Crippen molar-refractivity contribution in [3.05, 3.63) is 86.3 Å². The highest BCUT2D eigenvalue weighted by Gasteiger charge is 2.30. The number of rotatable bonds is 13. The first kappa shape index (κ1) is 54.9. The van der Waals surface area contributed by atoms with Crippen LogP contribution >= 0.6 is 39.1 Å². The molecule has 4 heterocycles. The lowest BCUT2D eigenvalue weighted by Gasteiger charge is -2.18. The number of aromatic nitrogens is 11. The Kier molecular flexibility index (Phi) is 19.5. The molecule has 7 aromatic rings. The third kappa shape index (κ3) is 14.5. The maximum absolute atomic E-state index is 12.5. The van der Waals surface area contributed by atoms with Crippen LogP contribution in [0.5, 0.6) is 17.2 Å². The fourth-order valence-electron chi connectivity index (χ4n) is 6.61. The van der Waals surface area contributed by atoms with Crippen LogP contribution in [0.4, 0.5) is 28.6 Å². The van der Waals surface area contributed by atoms with Crippen LogP contribution in [0.1, 0.15) is 48.4 Å². The Bertz CT molecular complexity index is 2940. The highest BCUT2D eigenvalue weighted by Crippen LogP contribution is 2.41. The third-order valence-electron chi connectivity index (χ3n) is 10.1. The van der Waals surface area contributed by atoms with E-state index in [0.29, 0.717) is 62.2 Å². The molecule has 9 N–H and O–H groups in total. The lowest BCUT2D eigenvalue weighted by atomic mass is 9.87. The number of carbonyl (C=O) groups is 2. The number of benzene rings is 3. The second-order valence-electron chi connectivity index (χ2n) is 15.3. The number of hydrogen-bond donors (Lipinski definition) is 7. The zero-order chi connectivity index (χ0) is 52.1. The van der Waals surface area contributed by atoms with Crippen molar-refractivity contribution in [2.75, 3.05) is 50.5 Å². The fraction of sp³-hybridized carbons (Fsp3) is 0.318. The van der Waals surface area contributed by atoms with Crippen molar-refractivity contribution >= 4 is 92.2 Å². The van der Waals surface area contributed by atoms with Crippen LogP contribution in [-0.2, 0) is 38.8 Å². The van der Waals surface area contributed by atoms with Crippen LogP contribution in [-0.4, -0.2) is 113 Å². The van der Waals surface area contributed by atoms with Gasteiger partial charge in [0.05, 0.1) is 66.6 Å². The van der Waals surface area contributed by atoms with Gasteiger partial charge < -0.3 is 51.7 Å². The van der Waals surface area contributed by atoms with Gasteiger partial charge in [0.25, 0.3) is 5.91 Å². The lowest BCUT2D eigenvalue weighted by molar-refractivity contribution is -0.117. The number of nitrogens with two attached hydrogens (primary N) is 2. The molecule has 1 saturated carbocycles. The Morgan fingerprint density at radius 1 is 0.775 bits per heavy atom. The third-order valence-corrected chi connectivity index (χ3v) is 11.2. The minimum Gasteiger partial charge on any atom is -0.494 e. The topological polar surface area (TPSA) is 308 Å². The van der Waals surface area contributed by atoms with Crippen LogP contribution in [0.25, 0.3) is 22.5 Å². The molecule has 1 aliphatic rings. The quantitative estimate of drug-likeness (QED) is 0.0604. The van der Waals surface area contributed by atoms with Gasteiger partial charge in [0.15, 0.2) is 28.8 Å². The summed E-state index contributed by atoms with van der Waals surface area (Å²) in [6.45, 7) is 4.08. The molecule has 3 aromatic carbocycles. The van der Waals surface area contributed by atoms with Crippen LogP contribution in [0.3, 0.4) is 0 Å². The van der Waals surface area contributed by atoms with E-state index in [0.717, 1.165) is 51.8 Å². The van der Waals surface area contributed by atoms with Gasteiger partial charge in [-0.1, -0.05) is 37.0 Å². The number of ether oxygens (including phenoxy) is 3. The monoisotopic (exact) mass is 1080 g/mol. The second-order valence-corrected chi connectivity index (χ2v) is 17.0. The smallest absolute Gasteiger partial charge is 0.494 e. The van der Waals surface area contributed by atoms with Crippen molar-refractivity contribution in [2.24, 2.45) is 27.1 Å². The molecule has 71 heavy (non-hydrogen) atoms. The number of amides is 2. The molecule has 8 rings (SSSR count). The van der Waals surface area contributed by atoms with Crippen LogP contribution in [0, 0.1) is 5.92 Å². The highest BCUT2D eigenvalue weighted by molar-refractivity contribution is 9.10. The van der Waals surface area contributed by atoms with Crippen molar-refractivity contribution in [3.63, 3.8) is 0 Å². The Morgan fingerprint density at radius 3 is 1.93 bits per heavy atom. The van der Waals surface area contributed by atoms with Crippen molar-refractivity contribution in [1.82, 2.24) is 60.5 Å². The van der Waals surface area contributed by atoms with E-state index in [1.807, 2.05) is 19.1 Å². The molecule has 0 aliphatic heterocycles. The van der Waals surface area contributed by atoms with E-state index >= 15 is 0 Å². The number of hydrogen-bond acceptors (Lipinski definition) is 18. The first-order valence-corrected chi connectivity index (χ1v) is 23.2. The molecule has 1 aliphatic carbocycles. The zero-order valence-electron chi connectivity index (χ0n) is 40.3. The number of nitrogens with one attached hydrogen (secondary N) is 3. The average molecular weight is 1080 g/mol. The number of anilines is 5. The van der Waals surface area contributed by atoms with E-state index < -0.39 is 13.0 Å². The molecular formula is C44H54BBrCl2N16O7. The lowest BCUT2D eigenvalue weighted by Crippen LogP contribution is -2.31. The van der Waals surface area contributed by atoms with Crippen LogP contribution in [0.15, 0.2) is 59.3 Å². The first-order valence-electron chi connectivity index (χ1n) is 21.6. The normalized spacial score (nSPS) is 11.4. The molecule has 0 radical (unpaired) electrons. The largest absolute Gasteiger partial charge is 0.511 e. The van der Waals surface area contributed by atoms with Crippen molar-refractivity contribution in [2.45, 2.75) is 39.5 Å². The van der Waals surface area contributed by atoms with E-state index in [2.05, 4.69) is 79.6 Å². The summed E-state index contributed by atoms with van der Waals surface area (Å²) in [5.74, 6) is 1.51. The molecular weight excluding hydrogens is 1030 g/mol. The van der Waals surface area contributed by atoms with Crippen LogP contribution in [0.2, 0.25) is 10.0 Å². The summed E-state index contributed by atoms with van der Waals surface area (Å²) in [7, 11) is 9.84. The van der Waals surface area contributed by atoms with E-state index in [-0.39, 0.29) is 28.9 Å². The Labute approximate surface area is 427 Å². The molecule has 0 saturated heterocycles. The average Bonchev–Trinajstić information content (AvgIpc) is 3.76. The zero-order valence-corrected chi connectivity index (χ0v) is 43.4. The number of halogens is 3. The number of carbonyl (C=O) groups excluding carboxylic acids is 2. The Hall–Kier alpha value is -7.06. The maximum Gasteiger partial charge on any atom is 0.511 e. The molecule has 23 nitrogen and oxygen atoms in total. The minimum atomic E-state index is -1.52. The molecule has 376 valence electrons. The van der Waals surface area contributed by atoms with Crippen molar-refractivity contribution in [1.29, 1.82) is 0 Å². The van der Waals surface area contributed by atoms with E-state index in [1.54, 1.807) is 83.8 Å². The summed E-state index contributed by atoms with van der Waals surface area (Å²) in [6, 6.07) is 12.4. The highest BCUT2D eigenvalue weighted by atomic mass is 79.9. The summed E-state index contributed by atoms with van der Waals surface area (Å²) in [5.41, 5.74) is 18.5. The van der Waals surface area contributed by atoms with Gasteiger partial charge in [-0.3, -0.25) is 9.59 Å². The molecule has 27 heteroatoms. The standard InChI is InChI=1S/C24H30N8O3.C10H11ClN4O.C7H7BrClNO.C3H6BN3O2/c1-6-13-10-15(20-16(7-2)30-32(4)31-20)22(35-5)18(11-13)26-17-12-19(27-23(33)14-8-9-14)28-29-21(17)24(34)25-3;1-15-13-5-9(14-15)7-3-6(11)4-8(12)10(7)16-2;1-11-7-5(8)2-4(9)3-6(7)10;1-7-5-2-3(6-7)4(8)9/h10-12,14H,6-9H2,1-5H3,(H,25,34)(H2,26,27,28,33);3-5H,12H2,1-2H3;2-3H,10H2,1H3;2,8-9H,1H3. The molecule has 0 spiro atoms. The van der Waals surface area contributed by atoms with E-state index in [4.69, 9.17) is 58.9 Å². The number of methoxy groups -OCH3 is 3. The van der Waals surface area contributed by atoms with Gasteiger partial charge in [-0.15, -0.1) is 10.2 Å². The summed E-state index contributed by atoms with van der Waals surface area (Å²) in [5, 5.41) is 59.3. The van der Waals surface area contributed by atoms with Gasteiger partial charge in [-0.2, -0.15) is 45.0 Å². The van der Waals surface area contributed by atoms with Crippen LogP contribution < -0.4 is 47.2 Å². The first-order chi connectivity index (χ1) is 33.8. The van der Waals surface area contributed by atoms with E-state index in [9.17, 15) is 9.59 Å². The van der Waals surface area contributed by atoms with Gasteiger partial charge in [-0.05, 0) is 83.6 Å². The summed E-state index contributed by atoms with van der Waals surface area (Å²) >= 11 is 14.9. The predicted octanol–water partition coefficient (Wildman–Crippen LogP) is 4.77. The summed E-state index contributed by atoms with van der Waals surface area (Å²) < 4.78 is 16.8. The van der Waals surface area contributed by atoms with E-state index in [1.165, 1.54) is 22.8 Å². The summed E-state index contributed by atoms with van der Waals surface area (Å²) in [6.07, 6.45) is 6.15. The van der Waals surface area contributed by atoms with Crippen molar-refractivity contribution in [3.8, 4) is 39.8 Å². The van der Waals surface area contributed by atoms with Gasteiger partial charge in [0, 0.05) is 61.3 Å². The molecule has 1 fully saturated rings. The summed E-state index contributed by atoms with van der Waals surface area (Å²) in [4.78, 5) is 29.1. The van der Waals surface area contributed by atoms with Gasteiger partial charge >= 0.3 is 7.12 Å². The predicted molar refractivity (Wildman–Crippen MR) is 275 cm³/mol.